The first-order chi connectivity index (χ1) is 10.9. The number of rotatable bonds is 2. The molecule has 1 aliphatic heterocycles. The predicted molar refractivity (Wildman–Crippen MR) is 87.0 cm³/mol. The van der Waals surface area contributed by atoms with Gasteiger partial charge >= 0.3 is 0 Å². The number of amides is 2. The molecular weight excluding hydrogens is 295 g/mol. The molecule has 1 heterocycles. The molecule has 2 amide bonds. The molecule has 1 atom stereocenters. The Morgan fingerprint density at radius 2 is 1.96 bits per heavy atom. The van der Waals surface area contributed by atoms with Gasteiger partial charge in [0.2, 0.25) is 11.8 Å². The van der Waals surface area contributed by atoms with Crippen LogP contribution in [0, 0.1) is 12.7 Å². The van der Waals surface area contributed by atoms with Crippen LogP contribution in [0.2, 0.25) is 0 Å². The molecule has 2 aromatic carbocycles. The summed E-state index contributed by atoms with van der Waals surface area (Å²) in [6.07, 6.45) is 0.318. The van der Waals surface area contributed by atoms with Gasteiger partial charge in [-0.15, -0.1) is 0 Å². The fraction of sp³-hybridized carbons (Fsp3) is 0.222. The summed E-state index contributed by atoms with van der Waals surface area (Å²) in [7, 11) is 0. The van der Waals surface area contributed by atoms with E-state index in [-0.39, 0.29) is 23.5 Å². The molecule has 3 rings (SSSR count). The van der Waals surface area contributed by atoms with Crippen LogP contribution in [-0.2, 0) is 9.59 Å². The number of carbonyl (C=O) groups is 2. The normalized spacial score (nSPS) is 16.5. The van der Waals surface area contributed by atoms with Crippen molar-refractivity contribution >= 4 is 23.2 Å². The Bertz CT molecular complexity index is 802. The number of hydrogen-bond donors (Lipinski definition) is 2. The maximum atomic E-state index is 13.3. The van der Waals surface area contributed by atoms with Crippen molar-refractivity contribution in [2.45, 2.75) is 26.2 Å². The van der Waals surface area contributed by atoms with Gasteiger partial charge in [-0.1, -0.05) is 12.1 Å². The fourth-order valence-electron chi connectivity index (χ4n) is 3.05. The average Bonchev–Trinajstić information content (AvgIpc) is 2.45. The van der Waals surface area contributed by atoms with Gasteiger partial charge in [-0.05, 0) is 47.9 Å². The van der Waals surface area contributed by atoms with E-state index in [9.17, 15) is 14.0 Å². The third kappa shape index (κ3) is 3.08. The lowest BCUT2D eigenvalue weighted by atomic mass is 9.82. The van der Waals surface area contributed by atoms with Gasteiger partial charge in [0.05, 0.1) is 0 Å². The van der Waals surface area contributed by atoms with E-state index in [1.54, 1.807) is 12.1 Å². The zero-order valence-electron chi connectivity index (χ0n) is 12.9. The topological polar surface area (TPSA) is 58.2 Å². The molecule has 0 aliphatic carbocycles. The monoisotopic (exact) mass is 312 g/mol. The quantitative estimate of drug-likeness (QED) is 0.890. The summed E-state index contributed by atoms with van der Waals surface area (Å²) in [5, 5.41) is 5.54. The highest BCUT2D eigenvalue weighted by Crippen LogP contribution is 2.39. The van der Waals surface area contributed by atoms with Gasteiger partial charge in [-0.2, -0.15) is 0 Å². The van der Waals surface area contributed by atoms with Crippen molar-refractivity contribution in [2.24, 2.45) is 0 Å². The van der Waals surface area contributed by atoms with Crippen LogP contribution in [0.5, 0.6) is 0 Å². The molecule has 0 fully saturated rings. The average molecular weight is 312 g/mol. The lowest BCUT2D eigenvalue weighted by Crippen LogP contribution is -2.24. The molecule has 4 nitrogen and oxygen atoms in total. The van der Waals surface area contributed by atoms with Crippen molar-refractivity contribution in [2.75, 3.05) is 10.6 Å². The Labute approximate surface area is 133 Å². The summed E-state index contributed by atoms with van der Waals surface area (Å²) >= 11 is 0. The second kappa shape index (κ2) is 5.83. The van der Waals surface area contributed by atoms with Crippen LogP contribution in [0.1, 0.15) is 36.0 Å². The number of hydrogen-bond acceptors (Lipinski definition) is 2. The standard InChI is InChI=1S/C18H17FN2O2/c1-10-7-12(19)3-5-14(10)16-9-18(23)21-17-8-13(20-11(2)22)4-6-15(16)17/h3-8,16H,9H2,1-2H3,(H,20,22)(H,21,23). The minimum Gasteiger partial charge on any atom is -0.326 e. The summed E-state index contributed by atoms with van der Waals surface area (Å²) in [6, 6.07) is 10.1. The predicted octanol–water partition coefficient (Wildman–Crippen LogP) is 3.57. The van der Waals surface area contributed by atoms with Crippen LogP contribution < -0.4 is 10.6 Å². The molecule has 23 heavy (non-hydrogen) atoms. The van der Waals surface area contributed by atoms with Gasteiger partial charge < -0.3 is 10.6 Å². The van der Waals surface area contributed by atoms with E-state index in [4.69, 9.17) is 0 Å². The van der Waals surface area contributed by atoms with Crippen molar-refractivity contribution in [1.82, 2.24) is 0 Å². The largest absolute Gasteiger partial charge is 0.326 e. The van der Waals surface area contributed by atoms with Gasteiger partial charge in [-0.25, -0.2) is 4.39 Å². The molecule has 118 valence electrons. The van der Waals surface area contributed by atoms with E-state index >= 15 is 0 Å². The van der Waals surface area contributed by atoms with E-state index < -0.39 is 0 Å². The van der Waals surface area contributed by atoms with Crippen LogP contribution in [-0.4, -0.2) is 11.8 Å². The third-order valence-electron chi connectivity index (χ3n) is 4.02. The number of carbonyl (C=O) groups excluding carboxylic acids is 2. The Hall–Kier alpha value is -2.69. The summed E-state index contributed by atoms with van der Waals surface area (Å²) < 4.78 is 13.3. The van der Waals surface area contributed by atoms with Gasteiger partial charge in [-0.3, -0.25) is 9.59 Å². The molecule has 0 saturated carbocycles. The highest BCUT2D eigenvalue weighted by atomic mass is 19.1. The first-order valence-electron chi connectivity index (χ1n) is 7.41. The molecule has 5 heteroatoms. The van der Waals surface area contributed by atoms with Gasteiger partial charge in [0.25, 0.3) is 0 Å². The van der Waals surface area contributed by atoms with Gasteiger partial charge in [0, 0.05) is 30.6 Å². The van der Waals surface area contributed by atoms with Crippen molar-refractivity contribution in [3.05, 3.63) is 58.9 Å². The number of benzene rings is 2. The fourth-order valence-corrected chi connectivity index (χ4v) is 3.05. The van der Waals surface area contributed by atoms with Crippen molar-refractivity contribution in [1.29, 1.82) is 0 Å². The van der Waals surface area contributed by atoms with Crippen LogP contribution in [0.25, 0.3) is 0 Å². The zero-order valence-corrected chi connectivity index (χ0v) is 12.9. The minimum atomic E-state index is -0.284. The summed E-state index contributed by atoms with van der Waals surface area (Å²) in [5.74, 6) is -0.664. The minimum absolute atomic E-state index is 0.0915. The molecule has 1 unspecified atom stereocenters. The molecular formula is C18H17FN2O2. The number of anilines is 2. The molecule has 1 aliphatic rings. The summed E-state index contributed by atoms with van der Waals surface area (Å²) in [5.41, 5.74) is 4.04. The Morgan fingerprint density at radius 3 is 2.65 bits per heavy atom. The van der Waals surface area contributed by atoms with E-state index in [0.717, 1.165) is 16.7 Å². The van der Waals surface area contributed by atoms with Crippen molar-refractivity contribution < 1.29 is 14.0 Å². The maximum absolute atomic E-state index is 13.3. The molecule has 0 radical (unpaired) electrons. The third-order valence-corrected chi connectivity index (χ3v) is 4.02. The van der Waals surface area contributed by atoms with Crippen LogP contribution in [0.15, 0.2) is 36.4 Å². The van der Waals surface area contributed by atoms with E-state index in [0.29, 0.717) is 17.8 Å². The second-order valence-electron chi connectivity index (χ2n) is 5.79. The van der Waals surface area contributed by atoms with Crippen LogP contribution in [0.3, 0.4) is 0 Å². The number of halogens is 1. The van der Waals surface area contributed by atoms with Crippen molar-refractivity contribution in [3.63, 3.8) is 0 Å². The molecule has 2 aromatic rings. The van der Waals surface area contributed by atoms with E-state index in [1.807, 2.05) is 19.1 Å². The number of fused-ring (bicyclic) bond motifs is 1. The second-order valence-corrected chi connectivity index (χ2v) is 5.79. The zero-order chi connectivity index (χ0) is 16.6. The first kappa shape index (κ1) is 15.2. The Kier molecular flexibility index (Phi) is 3.86. The van der Waals surface area contributed by atoms with Crippen LogP contribution in [0.4, 0.5) is 15.8 Å². The summed E-state index contributed by atoms with van der Waals surface area (Å²) in [6.45, 7) is 3.28. The molecule has 0 saturated heterocycles. The number of aryl methyl sites for hydroxylation is 1. The van der Waals surface area contributed by atoms with Gasteiger partial charge in [0.15, 0.2) is 0 Å². The molecule has 0 aromatic heterocycles. The lowest BCUT2D eigenvalue weighted by Gasteiger charge is -2.27. The number of nitrogens with one attached hydrogen (secondary N) is 2. The first-order valence-corrected chi connectivity index (χ1v) is 7.41. The Morgan fingerprint density at radius 1 is 1.22 bits per heavy atom. The van der Waals surface area contributed by atoms with Gasteiger partial charge in [0.1, 0.15) is 5.82 Å². The van der Waals surface area contributed by atoms with E-state index in [2.05, 4.69) is 10.6 Å². The summed E-state index contributed by atoms with van der Waals surface area (Å²) in [4.78, 5) is 23.2. The molecule has 2 N–H and O–H groups in total. The maximum Gasteiger partial charge on any atom is 0.225 e. The highest BCUT2D eigenvalue weighted by molar-refractivity contribution is 5.97. The van der Waals surface area contributed by atoms with E-state index in [1.165, 1.54) is 19.1 Å². The lowest BCUT2D eigenvalue weighted by molar-refractivity contribution is -0.116. The highest BCUT2D eigenvalue weighted by Gasteiger charge is 2.27. The molecule has 0 spiro atoms. The SMILES string of the molecule is CC(=O)Nc1ccc2c(c1)NC(=O)CC2c1ccc(F)cc1C. The Balaban J connectivity index is 2.05. The smallest absolute Gasteiger partial charge is 0.225 e. The van der Waals surface area contributed by atoms with Crippen LogP contribution >= 0.6 is 0 Å². The van der Waals surface area contributed by atoms with Crippen molar-refractivity contribution in [3.8, 4) is 0 Å². The molecule has 0 bridgehead atoms.